The minimum absolute atomic E-state index is 0. The van der Waals surface area contributed by atoms with Gasteiger partial charge in [0.25, 0.3) is 0 Å². The molecule has 0 bridgehead atoms. The Morgan fingerprint density at radius 1 is 0.533 bits per heavy atom. The molecule has 0 heterocycles. The molecule has 7 heteroatoms. The van der Waals surface area contributed by atoms with Crippen molar-refractivity contribution >= 4 is 7.92 Å². The first-order chi connectivity index (χ1) is 6.73. The number of hydrogen-bond acceptors (Lipinski definition) is 0. The van der Waals surface area contributed by atoms with Crippen LogP contribution in [0.25, 0.3) is 0 Å². The van der Waals surface area contributed by atoms with E-state index in [2.05, 4.69) is 53.2 Å². The minimum atomic E-state index is 0. The van der Waals surface area contributed by atoms with Crippen molar-refractivity contribution < 1.29 is 44.3 Å². The van der Waals surface area contributed by atoms with E-state index in [9.17, 15) is 0 Å². The van der Waals surface area contributed by atoms with E-state index in [1.807, 2.05) is 0 Å². The molecular formula is C8H10O5PW+. The molecule has 0 aliphatic rings. The van der Waals surface area contributed by atoms with Crippen LogP contribution in [-0.2, 0) is 44.3 Å². The molecule has 0 aliphatic heterocycles. The normalized spacial score (nSPS) is 3.07. The van der Waals surface area contributed by atoms with Crippen LogP contribution in [0.4, 0.5) is 0 Å². The fourth-order valence-corrected chi connectivity index (χ4v) is 0. The van der Waals surface area contributed by atoms with Crippen LogP contribution in [-0.4, -0.2) is 20.0 Å². The van der Waals surface area contributed by atoms with Gasteiger partial charge in [0.05, 0.1) is 0 Å². The summed E-state index contributed by atoms with van der Waals surface area (Å²) in [5.74, 6) is 0. The Labute approximate surface area is 106 Å². The summed E-state index contributed by atoms with van der Waals surface area (Å²) in [6, 6.07) is 0. The maximum atomic E-state index is 7.50. The zero-order valence-corrected chi connectivity index (χ0v) is 12.4. The van der Waals surface area contributed by atoms with Crippen LogP contribution in [0.15, 0.2) is 0 Å². The van der Waals surface area contributed by atoms with Gasteiger partial charge in [0.2, 0.25) is 0 Å². The summed E-state index contributed by atoms with van der Waals surface area (Å²) in [6.07, 6.45) is 0. The topological polar surface area (TPSA) is 99.5 Å². The van der Waals surface area contributed by atoms with Crippen LogP contribution in [0.5, 0.6) is 0 Å². The Morgan fingerprint density at radius 3 is 0.533 bits per heavy atom. The van der Waals surface area contributed by atoms with Gasteiger partial charge in [-0.15, -0.1) is 0 Å². The fourth-order valence-electron chi connectivity index (χ4n) is 0. The van der Waals surface area contributed by atoms with Crippen LogP contribution in [0.3, 0.4) is 0 Å². The van der Waals surface area contributed by atoms with Gasteiger partial charge >= 0.3 is 56.5 Å². The van der Waals surface area contributed by atoms with E-state index in [1.165, 1.54) is 0 Å². The molecule has 0 amide bonds. The van der Waals surface area contributed by atoms with Gasteiger partial charge in [-0.3, -0.25) is 0 Å². The van der Waals surface area contributed by atoms with Crippen molar-refractivity contribution in [3.05, 3.63) is 33.3 Å². The molecule has 0 saturated carbocycles. The van der Waals surface area contributed by atoms with Crippen molar-refractivity contribution in [3.63, 3.8) is 0 Å². The largest absolute Gasteiger partial charge is 0 e. The van der Waals surface area contributed by atoms with Crippen LogP contribution < -0.4 is 0 Å². The van der Waals surface area contributed by atoms with Crippen LogP contribution >= 0.6 is 7.92 Å². The molecule has 0 aromatic heterocycles. The molecular weight excluding hydrogens is 391 g/mol. The average Bonchev–Trinajstić information content (AvgIpc) is 2.30. The summed E-state index contributed by atoms with van der Waals surface area (Å²) in [7, 11) is 0.120. The Hall–Kier alpha value is -0.182. The van der Waals surface area contributed by atoms with Gasteiger partial charge in [0, 0.05) is 41.1 Å². The molecule has 0 N–H and O–H groups in total. The molecule has 82 valence electrons. The summed E-state index contributed by atoms with van der Waals surface area (Å²) in [5.41, 5.74) is 0. The maximum Gasteiger partial charge on any atom is 0 e. The van der Waals surface area contributed by atoms with Crippen molar-refractivity contribution in [2.45, 2.75) is 0 Å². The molecule has 5 nitrogen and oxygen atoms in total. The number of rotatable bonds is 0. The molecule has 0 aliphatic carbocycles. The summed E-state index contributed by atoms with van der Waals surface area (Å²) in [6.45, 7) is 29.3. The van der Waals surface area contributed by atoms with Gasteiger partial charge in [-0.05, 0) is 7.92 Å². The van der Waals surface area contributed by atoms with Gasteiger partial charge in [-0.2, -0.15) is 0 Å². The maximum absolute atomic E-state index is 7.50. The van der Waals surface area contributed by atoms with Gasteiger partial charge < -0.3 is 0 Å². The van der Waals surface area contributed by atoms with Gasteiger partial charge in [-0.25, -0.2) is 0 Å². The van der Waals surface area contributed by atoms with Crippen molar-refractivity contribution in [2.75, 3.05) is 20.0 Å². The Kier molecular flexibility index (Phi) is 882. The smallest absolute Gasteiger partial charge is 0 e. The standard InChI is InChI=1S/C3H9P.5CO.W/c1-4(2)3;5*1-2;/h1-3H3;;;;;;/p+1. The van der Waals surface area contributed by atoms with Gasteiger partial charge in [0.1, 0.15) is 0 Å². The second-order valence-electron chi connectivity index (χ2n) is 1.50. The van der Waals surface area contributed by atoms with Crippen molar-refractivity contribution in [2.24, 2.45) is 0 Å². The van der Waals surface area contributed by atoms with E-state index in [1.54, 1.807) is 0 Å². The zero-order valence-electron chi connectivity index (χ0n) is 8.45. The first-order valence-electron chi connectivity index (χ1n) is 2.52. The van der Waals surface area contributed by atoms with Crippen LogP contribution in [0, 0.1) is 33.3 Å². The molecule has 0 aromatic rings. The Balaban J connectivity index is -0.0000000105. The average molecular weight is 401 g/mol. The van der Waals surface area contributed by atoms with E-state index >= 15 is 0 Å². The predicted molar refractivity (Wildman–Crippen MR) is 45.7 cm³/mol. The quantitative estimate of drug-likeness (QED) is 0.328. The monoisotopic (exact) mass is 401 g/mol. The zero-order chi connectivity index (χ0) is 13.6. The van der Waals surface area contributed by atoms with Crippen molar-refractivity contribution in [1.29, 1.82) is 0 Å². The third-order valence-corrected chi connectivity index (χ3v) is 0. The fraction of sp³-hybridized carbons (Fsp3) is 0.375. The second kappa shape index (κ2) is 286. The second-order valence-corrected chi connectivity index (χ2v) is 4.50. The third-order valence-electron chi connectivity index (χ3n) is 0. The predicted octanol–water partition coefficient (Wildman–Crippen LogP) is 0.900. The summed E-state index contributed by atoms with van der Waals surface area (Å²) < 4.78 is 37.5. The summed E-state index contributed by atoms with van der Waals surface area (Å²) >= 11 is 0. The number of hydrogen-bond donors (Lipinski definition) is 0. The third kappa shape index (κ3) is 58500. The molecule has 0 saturated heterocycles. The molecule has 0 aromatic carbocycles. The first-order valence-corrected chi connectivity index (χ1v) is 5.52. The van der Waals surface area contributed by atoms with Gasteiger partial charge in [0.15, 0.2) is 0 Å². The van der Waals surface area contributed by atoms with E-state index < -0.39 is 0 Å². The van der Waals surface area contributed by atoms with Crippen molar-refractivity contribution in [3.8, 4) is 0 Å². The molecule has 0 spiro atoms. The van der Waals surface area contributed by atoms with Crippen LogP contribution in [0.2, 0.25) is 0 Å². The van der Waals surface area contributed by atoms with E-state index in [-0.39, 0.29) is 29.0 Å². The molecule has 15 heavy (non-hydrogen) atoms. The molecule has 0 rings (SSSR count). The Bertz CT molecular complexity index is 110. The molecule has 0 atom stereocenters. The van der Waals surface area contributed by atoms with Crippen molar-refractivity contribution in [1.82, 2.24) is 0 Å². The minimum Gasteiger partial charge on any atom is 0 e. The summed E-state index contributed by atoms with van der Waals surface area (Å²) in [4.78, 5) is 0. The van der Waals surface area contributed by atoms with E-state index in [0.717, 1.165) is 0 Å². The van der Waals surface area contributed by atoms with E-state index in [4.69, 9.17) is 23.3 Å². The molecule has 0 radical (unpaired) electrons. The summed E-state index contributed by atoms with van der Waals surface area (Å²) in [5, 5.41) is 0. The molecule has 0 unspecified atom stereocenters. The van der Waals surface area contributed by atoms with Gasteiger partial charge in [-0.1, -0.05) is 0 Å². The first kappa shape index (κ1) is 46.3. The Morgan fingerprint density at radius 2 is 0.533 bits per heavy atom. The van der Waals surface area contributed by atoms with Crippen LogP contribution in [0.1, 0.15) is 0 Å². The SMILES string of the molecule is C[PH+](C)C.[C-]#[O+].[C-]#[O+].[C-]#[O+].[C-]#[O+].[C-]#[O+].[W]. The van der Waals surface area contributed by atoms with E-state index in [0.29, 0.717) is 0 Å². The molecule has 0 fully saturated rings.